The smallest absolute Gasteiger partial charge is 0.351 e. The lowest BCUT2D eigenvalue weighted by Crippen LogP contribution is -2.43. The Labute approximate surface area is 210 Å². The third-order valence-electron chi connectivity index (χ3n) is 4.86. The SMILES string of the molecule is CCCC(C)(Oc1ccc(SCn2ncn(-c3ccc(Br)cc3)c2=O)cc1Cl)C(=O)OCC. The number of halogens is 2. The van der Waals surface area contributed by atoms with Gasteiger partial charge in [0.1, 0.15) is 12.1 Å². The molecule has 0 aliphatic heterocycles. The monoisotopic (exact) mass is 553 g/mol. The van der Waals surface area contributed by atoms with E-state index in [0.29, 0.717) is 23.1 Å². The van der Waals surface area contributed by atoms with E-state index in [1.54, 1.807) is 26.0 Å². The fourth-order valence-electron chi connectivity index (χ4n) is 3.19. The van der Waals surface area contributed by atoms with Gasteiger partial charge in [0.15, 0.2) is 0 Å². The van der Waals surface area contributed by atoms with Crippen LogP contribution in [0, 0.1) is 0 Å². The zero-order chi connectivity index (χ0) is 24.0. The lowest BCUT2D eigenvalue weighted by molar-refractivity contribution is -0.160. The molecule has 0 spiro atoms. The van der Waals surface area contributed by atoms with Crippen molar-refractivity contribution in [1.29, 1.82) is 0 Å². The molecule has 0 saturated carbocycles. The van der Waals surface area contributed by atoms with Gasteiger partial charge in [0.05, 0.1) is 23.2 Å². The molecule has 0 fully saturated rings. The molecule has 0 radical (unpaired) electrons. The van der Waals surface area contributed by atoms with Gasteiger partial charge in [-0.1, -0.05) is 40.9 Å². The van der Waals surface area contributed by atoms with Crippen LogP contribution in [-0.4, -0.2) is 32.5 Å². The topological polar surface area (TPSA) is 75.4 Å². The first-order valence-electron chi connectivity index (χ1n) is 10.5. The third-order valence-corrected chi connectivity index (χ3v) is 6.65. The van der Waals surface area contributed by atoms with Gasteiger partial charge in [-0.05, 0) is 62.7 Å². The van der Waals surface area contributed by atoms with Crippen molar-refractivity contribution in [2.75, 3.05) is 6.61 Å². The summed E-state index contributed by atoms with van der Waals surface area (Å²) in [6.07, 6.45) is 2.76. The molecular formula is C23H25BrClN3O4S. The molecule has 1 unspecified atom stereocenters. The van der Waals surface area contributed by atoms with Crippen LogP contribution in [0.2, 0.25) is 5.02 Å². The molecule has 1 atom stereocenters. The van der Waals surface area contributed by atoms with Crippen LogP contribution < -0.4 is 10.4 Å². The Kier molecular flexibility index (Phi) is 8.67. The molecule has 33 heavy (non-hydrogen) atoms. The maximum absolute atomic E-state index is 12.7. The predicted octanol–water partition coefficient (Wildman–Crippen LogP) is 5.70. The molecule has 3 aromatic rings. The molecular weight excluding hydrogens is 530 g/mol. The first-order valence-corrected chi connectivity index (χ1v) is 12.6. The van der Waals surface area contributed by atoms with Crippen molar-refractivity contribution in [1.82, 2.24) is 14.3 Å². The molecule has 1 heterocycles. The summed E-state index contributed by atoms with van der Waals surface area (Å²) in [7, 11) is 0. The lowest BCUT2D eigenvalue weighted by atomic mass is 10.0. The highest BCUT2D eigenvalue weighted by atomic mass is 79.9. The summed E-state index contributed by atoms with van der Waals surface area (Å²) in [6.45, 7) is 5.72. The average molecular weight is 555 g/mol. The van der Waals surface area contributed by atoms with Crippen molar-refractivity contribution < 1.29 is 14.3 Å². The van der Waals surface area contributed by atoms with E-state index in [1.807, 2.05) is 37.3 Å². The Hall–Kier alpha value is -2.23. The largest absolute Gasteiger partial charge is 0.474 e. The van der Waals surface area contributed by atoms with Gasteiger partial charge in [-0.2, -0.15) is 5.10 Å². The zero-order valence-electron chi connectivity index (χ0n) is 18.6. The number of hydrogen-bond acceptors (Lipinski definition) is 6. The summed E-state index contributed by atoms with van der Waals surface area (Å²) in [4.78, 5) is 25.9. The van der Waals surface area contributed by atoms with E-state index in [1.165, 1.54) is 27.3 Å². The van der Waals surface area contributed by atoms with E-state index < -0.39 is 11.6 Å². The fraction of sp³-hybridized carbons (Fsp3) is 0.348. The van der Waals surface area contributed by atoms with Gasteiger partial charge in [0.25, 0.3) is 0 Å². The molecule has 0 aliphatic rings. The number of esters is 1. The minimum Gasteiger partial charge on any atom is -0.474 e. The van der Waals surface area contributed by atoms with Crippen LogP contribution in [-0.2, 0) is 15.4 Å². The Balaban J connectivity index is 1.70. The van der Waals surface area contributed by atoms with E-state index in [9.17, 15) is 9.59 Å². The predicted molar refractivity (Wildman–Crippen MR) is 133 cm³/mol. The molecule has 0 saturated heterocycles. The summed E-state index contributed by atoms with van der Waals surface area (Å²) in [5.41, 5.74) is -0.614. The summed E-state index contributed by atoms with van der Waals surface area (Å²) in [5.74, 6) is 0.304. The van der Waals surface area contributed by atoms with Crippen LogP contribution in [0.4, 0.5) is 0 Å². The van der Waals surface area contributed by atoms with Gasteiger partial charge in [0, 0.05) is 9.37 Å². The average Bonchev–Trinajstić information content (AvgIpc) is 3.15. The van der Waals surface area contributed by atoms with Crippen molar-refractivity contribution in [3.05, 3.63) is 68.8 Å². The molecule has 0 aliphatic carbocycles. The molecule has 0 bridgehead atoms. The van der Waals surface area contributed by atoms with Crippen molar-refractivity contribution >= 4 is 45.3 Å². The zero-order valence-corrected chi connectivity index (χ0v) is 21.7. The summed E-state index contributed by atoms with van der Waals surface area (Å²) in [6, 6.07) is 12.7. The van der Waals surface area contributed by atoms with Crippen molar-refractivity contribution in [3.8, 4) is 11.4 Å². The van der Waals surface area contributed by atoms with Crippen molar-refractivity contribution in [3.63, 3.8) is 0 Å². The van der Waals surface area contributed by atoms with Crippen LogP contribution in [0.25, 0.3) is 5.69 Å². The lowest BCUT2D eigenvalue weighted by Gasteiger charge is -2.28. The van der Waals surface area contributed by atoms with Gasteiger partial charge in [-0.25, -0.2) is 18.8 Å². The highest BCUT2D eigenvalue weighted by Gasteiger charge is 2.37. The van der Waals surface area contributed by atoms with E-state index in [-0.39, 0.29) is 12.3 Å². The molecule has 176 valence electrons. The molecule has 10 heteroatoms. The summed E-state index contributed by atoms with van der Waals surface area (Å²) < 4.78 is 15.0. The van der Waals surface area contributed by atoms with E-state index >= 15 is 0 Å². The van der Waals surface area contributed by atoms with Crippen LogP contribution in [0.15, 0.2) is 63.0 Å². The standard InChI is InChI=1S/C23H25BrClN3O4S/c1-4-12-23(3,21(29)31-5-2)32-20-11-10-18(13-19(20)25)33-15-28-22(30)27(14-26-28)17-8-6-16(24)7-9-17/h6-11,13-14H,4-5,12,15H2,1-3H3. The molecule has 3 rings (SSSR count). The molecule has 7 nitrogen and oxygen atoms in total. The number of ether oxygens (including phenoxy) is 2. The van der Waals surface area contributed by atoms with Gasteiger partial charge < -0.3 is 9.47 Å². The van der Waals surface area contributed by atoms with Crippen LogP contribution >= 0.6 is 39.3 Å². The highest BCUT2D eigenvalue weighted by Crippen LogP contribution is 2.34. The third kappa shape index (κ3) is 6.22. The van der Waals surface area contributed by atoms with E-state index in [2.05, 4.69) is 21.0 Å². The Bertz CT molecular complexity index is 1170. The number of nitrogens with zero attached hydrogens (tertiary/aromatic N) is 3. The minimum absolute atomic E-state index is 0.236. The minimum atomic E-state index is -1.11. The van der Waals surface area contributed by atoms with Gasteiger partial charge in [0.2, 0.25) is 5.60 Å². The van der Waals surface area contributed by atoms with Gasteiger partial charge in [-0.15, -0.1) is 11.8 Å². The van der Waals surface area contributed by atoms with Gasteiger partial charge >= 0.3 is 11.7 Å². The summed E-state index contributed by atoms with van der Waals surface area (Å²) in [5, 5.41) is 4.58. The van der Waals surface area contributed by atoms with Gasteiger partial charge in [-0.3, -0.25) is 0 Å². The van der Waals surface area contributed by atoms with Crippen LogP contribution in [0.1, 0.15) is 33.6 Å². The second kappa shape index (κ2) is 11.3. The second-order valence-corrected chi connectivity index (χ2v) is 9.77. The van der Waals surface area contributed by atoms with E-state index in [0.717, 1.165) is 21.5 Å². The van der Waals surface area contributed by atoms with Crippen molar-refractivity contribution in [2.45, 2.75) is 50.0 Å². The van der Waals surface area contributed by atoms with E-state index in [4.69, 9.17) is 21.1 Å². The molecule has 0 N–H and O–H groups in total. The van der Waals surface area contributed by atoms with Crippen molar-refractivity contribution in [2.24, 2.45) is 0 Å². The summed E-state index contributed by atoms with van der Waals surface area (Å²) >= 11 is 11.2. The molecule has 1 aromatic heterocycles. The molecule has 0 amide bonds. The number of rotatable bonds is 10. The number of thioether (sulfide) groups is 1. The fourth-order valence-corrected chi connectivity index (χ4v) is 4.55. The number of aromatic nitrogens is 3. The normalized spacial score (nSPS) is 12.9. The maximum Gasteiger partial charge on any atom is 0.351 e. The number of benzene rings is 2. The highest BCUT2D eigenvalue weighted by molar-refractivity contribution is 9.10. The first-order chi connectivity index (χ1) is 15.8. The first kappa shape index (κ1) is 25.4. The Morgan fingerprint density at radius 2 is 1.94 bits per heavy atom. The van der Waals surface area contributed by atoms with Crippen LogP contribution in [0.5, 0.6) is 5.75 Å². The molecule has 2 aromatic carbocycles. The quantitative estimate of drug-likeness (QED) is 0.236. The number of hydrogen-bond donors (Lipinski definition) is 0. The Morgan fingerprint density at radius 3 is 2.58 bits per heavy atom. The Morgan fingerprint density at radius 1 is 1.21 bits per heavy atom. The maximum atomic E-state index is 12.7. The van der Waals surface area contributed by atoms with Crippen LogP contribution in [0.3, 0.4) is 0 Å². The number of carbonyl (C=O) groups excluding carboxylic acids is 1. The number of carbonyl (C=O) groups is 1. The second-order valence-electron chi connectivity index (χ2n) is 7.43.